The van der Waals surface area contributed by atoms with Gasteiger partial charge in [-0.15, -0.1) is 0 Å². The van der Waals surface area contributed by atoms with E-state index in [0.717, 1.165) is 64.2 Å². The van der Waals surface area contributed by atoms with Crippen LogP contribution in [0.5, 0.6) is 0 Å². The molecule has 2 fully saturated rings. The van der Waals surface area contributed by atoms with E-state index in [1.165, 1.54) is 32.1 Å². The molecule has 23 heavy (non-hydrogen) atoms. The molecule has 0 bridgehead atoms. The molecule has 1 amide bonds. The van der Waals surface area contributed by atoms with Crippen molar-refractivity contribution in [1.29, 1.82) is 0 Å². The second kappa shape index (κ2) is 10.3. The quantitative estimate of drug-likeness (QED) is 0.675. The lowest BCUT2D eigenvalue weighted by Crippen LogP contribution is -2.38. The van der Waals surface area contributed by atoms with Gasteiger partial charge in [0.15, 0.2) is 0 Å². The van der Waals surface area contributed by atoms with Gasteiger partial charge in [-0.05, 0) is 44.6 Å². The first-order chi connectivity index (χ1) is 11.2. The van der Waals surface area contributed by atoms with Crippen molar-refractivity contribution < 1.29 is 9.90 Å². The Kier molecular flexibility index (Phi) is 8.38. The van der Waals surface area contributed by atoms with E-state index in [0.29, 0.717) is 0 Å². The van der Waals surface area contributed by atoms with Gasteiger partial charge in [-0.2, -0.15) is 0 Å². The molecule has 1 heterocycles. The van der Waals surface area contributed by atoms with Crippen LogP contribution in [0.15, 0.2) is 0 Å². The summed E-state index contributed by atoms with van der Waals surface area (Å²) in [6, 6.07) is 0. The Bertz CT molecular complexity index is 334. The zero-order valence-corrected chi connectivity index (χ0v) is 14.9. The van der Waals surface area contributed by atoms with E-state index in [1.807, 2.05) is 0 Å². The van der Waals surface area contributed by atoms with Crippen molar-refractivity contribution in [3.63, 3.8) is 0 Å². The van der Waals surface area contributed by atoms with E-state index in [-0.39, 0.29) is 17.9 Å². The Balaban J connectivity index is 1.58. The number of nitrogens with zero attached hydrogens (tertiary/aromatic N) is 1. The molecule has 1 saturated heterocycles. The zero-order valence-electron chi connectivity index (χ0n) is 14.9. The van der Waals surface area contributed by atoms with Gasteiger partial charge in [0.05, 0.1) is 6.10 Å². The SMILES string of the molecule is CCC(CC1CCCCC1)C(=O)NCCCN1CCC(O)CC1. The first-order valence-electron chi connectivity index (χ1n) is 9.87. The van der Waals surface area contributed by atoms with Crippen molar-refractivity contribution in [3.8, 4) is 0 Å². The molecule has 0 aromatic carbocycles. The molecule has 0 aromatic rings. The lowest BCUT2D eigenvalue weighted by atomic mass is 9.82. The van der Waals surface area contributed by atoms with Crippen LogP contribution < -0.4 is 5.32 Å². The van der Waals surface area contributed by atoms with Crippen molar-refractivity contribution in [1.82, 2.24) is 10.2 Å². The summed E-state index contributed by atoms with van der Waals surface area (Å²) in [5, 5.41) is 12.7. The maximum atomic E-state index is 12.4. The van der Waals surface area contributed by atoms with Gasteiger partial charge in [-0.25, -0.2) is 0 Å². The Morgan fingerprint density at radius 3 is 2.52 bits per heavy atom. The molecule has 0 spiro atoms. The van der Waals surface area contributed by atoms with Crippen LogP contribution in [0.25, 0.3) is 0 Å². The zero-order chi connectivity index (χ0) is 16.5. The smallest absolute Gasteiger partial charge is 0.223 e. The summed E-state index contributed by atoms with van der Waals surface area (Å²) in [6.45, 7) is 5.96. The lowest BCUT2D eigenvalue weighted by Gasteiger charge is -2.29. The summed E-state index contributed by atoms with van der Waals surface area (Å²) in [6.07, 6.45) is 11.5. The summed E-state index contributed by atoms with van der Waals surface area (Å²) in [5.41, 5.74) is 0. The summed E-state index contributed by atoms with van der Waals surface area (Å²) in [7, 11) is 0. The second-order valence-corrected chi connectivity index (χ2v) is 7.56. The molecule has 1 atom stereocenters. The standard InChI is InChI=1S/C19H36N2O2/c1-2-17(15-16-7-4-3-5-8-16)19(23)20-11-6-12-21-13-9-18(22)10-14-21/h16-18,22H,2-15H2,1H3,(H,20,23). The number of likely N-dealkylation sites (tertiary alicyclic amines) is 1. The average Bonchev–Trinajstić information content (AvgIpc) is 2.59. The molecule has 2 rings (SSSR count). The maximum absolute atomic E-state index is 12.4. The van der Waals surface area contributed by atoms with Crippen molar-refractivity contribution >= 4 is 5.91 Å². The third kappa shape index (κ3) is 6.80. The number of hydrogen-bond donors (Lipinski definition) is 2. The van der Waals surface area contributed by atoms with E-state index < -0.39 is 0 Å². The predicted octanol–water partition coefficient (Wildman–Crippen LogP) is 2.95. The number of aliphatic hydroxyl groups is 1. The Morgan fingerprint density at radius 2 is 1.87 bits per heavy atom. The summed E-state index contributed by atoms with van der Waals surface area (Å²) < 4.78 is 0. The fraction of sp³-hybridized carbons (Fsp3) is 0.947. The minimum atomic E-state index is -0.101. The molecule has 1 aliphatic carbocycles. The number of amides is 1. The van der Waals surface area contributed by atoms with Gasteiger partial charge in [0.25, 0.3) is 0 Å². The van der Waals surface area contributed by atoms with Crippen molar-refractivity contribution in [2.75, 3.05) is 26.2 Å². The first-order valence-corrected chi connectivity index (χ1v) is 9.87. The van der Waals surface area contributed by atoms with Crippen LogP contribution in [0.3, 0.4) is 0 Å². The van der Waals surface area contributed by atoms with E-state index in [2.05, 4.69) is 17.1 Å². The second-order valence-electron chi connectivity index (χ2n) is 7.56. The summed E-state index contributed by atoms with van der Waals surface area (Å²) >= 11 is 0. The van der Waals surface area contributed by atoms with Gasteiger partial charge >= 0.3 is 0 Å². The summed E-state index contributed by atoms with van der Waals surface area (Å²) in [5.74, 6) is 1.26. The van der Waals surface area contributed by atoms with Crippen LogP contribution in [-0.2, 0) is 4.79 Å². The lowest BCUT2D eigenvalue weighted by molar-refractivity contribution is -0.125. The highest BCUT2D eigenvalue weighted by Crippen LogP contribution is 2.30. The summed E-state index contributed by atoms with van der Waals surface area (Å²) in [4.78, 5) is 14.8. The third-order valence-corrected chi connectivity index (χ3v) is 5.71. The third-order valence-electron chi connectivity index (χ3n) is 5.71. The number of carbonyl (C=O) groups excluding carboxylic acids is 1. The molecule has 1 unspecified atom stereocenters. The normalized spacial score (nSPS) is 22.9. The van der Waals surface area contributed by atoms with Crippen LogP contribution in [0.4, 0.5) is 0 Å². The van der Waals surface area contributed by atoms with Crippen molar-refractivity contribution in [2.24, 2.45) is 11.8 Å². The van der Waals surface area contributed by atoms with Crippen LogP contribution in [0, 0.1) is 11.8 Å². The molecule has 4 nitrogen and oxygen atoms in total. The topological polar surface area (TPSA) is 52.6 Å². The van der Waals surface area contributed by atoms with E-state index >= 15 is 0 Å². The molecule has 4 heteroatoms. The minimum Gasteiger partial charge on any atom is -0.393 e. The van der Waals surface area contributed by atoms with Gasteiger partial charge in [0.2, 0.25) is 5.91 Å². The van der Waals surface area contributed by atoms with Gasteiger partial charge in [-0.1, -0.05) is 39.0 Å². The first kappa shape index (κ1) is 18.7. The predicted molar refractivity (Wildman–Crippen MR) is 94.3 cm³/mol. The van der Waals surface area contributed by atoms with Gasteiger partial charge in [-0.3, -0.25) is 4.79 Å². The maximum Gasteiger partial charge on any atom is 0.223 e. The van der Waals surface area contributed by atoms with Crippen molar-refractivity contribution in [2.45, 2.75) is 77.2 Å². The van der Waals surface area contributed by atoms with E-state index in [4.69, 9.17) is 0 Å². The molecule has 0 aromatic heterocycles. The van der Waals surface area contributed by atoms with Crippen LogP contribution in [-0.4, -0.2) is 48.2 Å². The molecule has 2 N–H and O–H groups in total. The highest BCUT2D eigenvalue weighted by Gasteiger charge is 2.23. The largest absolute Gasteiger partial charge is 0.393 e. The molecule has 0 radical (unpaired) electrons. The highest BCUT2D eigenvalue weighted by atomic mass is 16.3. The minimum absolute atomic E-state index is 0.101. The average molecular weight is 325 g/mol. The molecule has 1 saturated carbocycles. The molecular weight excluding hydrogens is 288 g/mol. The van der Waals surface area contributed by atoms with E-state index in [9.17, 15) is 9.90 Å². The fourth-order valence-electron chi connectivity index (χ4n) is 4.09. The number of hydrogen-bond acceptors (Lipinski definition) is 3. The molecule has 1 aliphatic heterocycles. The van der Waals surface area contributed by atoms with Crippen LogP contribution in [0.1, 0.15) is 71.1 Å². The number of nitrogens with one attached hydrogen (secondary N) is 1. The van der Waals surface area contributed by atoms with Gasteiger partial charge in [0, 0.05) is 25.6 Å². The highest BCUT2D eigenvalue weighted by molar-refractivity contribution is 5.78. The van der Waals surface area contributed by atoms with Crippen molar-refractivity contribution in [3.05, 3.63) is 0 Å². The number of piperidine rings is 1. The Hall–Kier alpha value is -0.610. The number of carbonyl (C=O) groups is 1. The number of aliphatic hydroxyl groups excluding tert-OH is 1. The monoisotopic (exact) mass is 324 g/mol. The van der Waals surface area contributed by atoms with Gasteiger partial charge < -0.3 is 15.3 Å². The Labute approximate surface area is 142 Å². The van der Waals surface area contributed by atoms with E-state index in [1.54, 1.807) is 0 Å². The fourth-order valence-corrected chi connectivity index (χ4v) is 4.09. The molecular formula is C19H36N2O2. The molecule has 134 valence electrons. The van der Waals surface area contributed by atoms with Crippen LogP contribution >= 0.6 is 0 Å². The molecule has 2 aliphatic rings. The number of rotatable bonds is 8. The van der Waals surface area contributed by atoms with Gasteiger partial charge in [0.1, 0.15) is 0 Å². The Morgan fingerprint density at radius 1 is 1.17 bits per heavy atom. The van der Waals surface area contributed by atoms with Crippen LogP contribution in [0.2, 0.25) is 0 Å².